The highest BCUT2D eigenvalue weighted by molar-refractivity contribution is 6.74. The molecular weight excluding hydrogens is 408 g/mol. The molecule has 4 heterocycles. The third kappa shape index (κ3) is 3.75. The molecule has 0 aliphatic carbocycles. The predicted octanol–water partition coefficient (Wildman–Crippen LogP) is 4.17. The van der Waals surface area contributed by atoms with E-state index in [1.54, 1.807) is 0 Å². The number of hydrogen-bond acceptors (Lipinski definition) is 6. The highest BCUT2D eigenvalue weighted by Crippen LogP contribution is 2.44. The van der Waals surface area contributed by atoms with Crippen molar-refractivity contribution in [1.82, 2.24) is 20.3 Å². The quantitative estimate of drug-likeness (QED) is 0.550. The monoisotopic (exact) mass is 438 g/mol. The van der Waals surface area contributed by atoms with Gasteiger partial charge >= 0.3 is 0 Å². The molecule has 4 rings (SSSR count). The van der Waals surface area contributed by atoms with Gasteiger partial charge in [0, 0.05) is 11.8 Å². The number of rotatable bonds is 4. The Balaban J connectivity index is 1.62. The molecule has 7 nitrogen and oxygen atoms in total. The van der Waals surface area contributed by atoms with Gasteiger partial charge in [-0.3, -0.25) is 0 Å². The average Bonchev–Trinajstić information content (AvgIpc) is 3.24. The first-order chi connectivity index (χ1) is 13.4. The topological polar surface area (TPSA) is 81.3 Å². The number of aromatic nitrogens is 3. The Morgan fingerprint density at radius 2 is 1.90 bits per heavy atom. The second-order valence-electron chi connectivity index (χ2n) is 10.0. The fourth-order valence-corrected chi connectivity index (χ4v) is 5.11. The molecule has 2 aliphatic rings. The second kappa shape index (κ2) is 7.00. The van der Waals surface area contributed by atoms with Crippen LogP contribution in [0.15, 0.2) is 12.5 Å². The summed E-state index contributed by atoms with van der Waals surface area (Å²) >= 11 is 6.23. The SMILES string of the molecule is CC1(C)OC2C(O1)[C@H](c1c[nH]c3c(Cl)ncnc13)N[C@@H]2CO[Si](C)(C)C(C)(C)C. The number of nitrogens with one attached hydrogen (secondary N) is 2. The number of aromatic amines is 1. The minimum Gasteiger partial charge on any atom is -0.415 e. The molecule has 0 radical (unpaired) electrons. The van der Waals surface area contributed by atoms with Crippen LogP contribution in [0.4, 0.5) is 0 Å². The fourth-order valence-electron chi connectivity index (χ4n) is 3.90. The van der Waals surface area contributed by atoms with Gasteiger partial charge in [-0.05, 0) is 32.0 Å². The van der Waals surface area contributed by atoms with Gasteiger partial charge in [0.1, 0.15) is 24.1 Å². The summed E-state index contributed by atoms with van der Waals surface area (Å²) in [5, 5.41) is 4.26. The summed E-state index contributed by atoms with van der Waals surface area (Å²) < 4.78 is 19.1. The van der Waals surface area contributed by atoms with Crippen LogP contribution in [-0.2, 0) is 13.9 Å². The smallest absolute Gasteiger partial charge is 0.192 e. The lowest BCUT2D eigenvalue weighted by molar-refractivity contribution is -0.157. The Morgan fingerprint density at radius 3 is 2.59 bits per heavy atom. The molecule has 2 fully saturated rings. The zero-order valence-corrected chi connectivity index (χ0v) is 19.9. The van der Waals surface area contributed by atoms with Gasteiger partial charge in [-0.1, -0.05) is 32.4 Å². The summed E-state index contributed by atoms with van der Waals surface area (Å²) in [5.41, 5.74) is 2.55. The molecular formula is C20H31ClN4O3Si. The van der Waals surface area contributed by atoms with E-state index >= 15 is 0 Å². The Bertz CT molecular complexity index is 911. The maximum atomic E-state index is 6.51. The van der Waals surface area contributed by atoms with E-state index in [1.165, 1.54) is 6.33 Å². The van der Waals surface area contributed by atoms with E-state index in [0.29, 0.717) is 11.8 Å². The molecule has 2 unspecified atom stereocenters. The number of halogens is 1. The Kier molecular flexibility index (Phi) is 5.12. The Labute approximate surface area is 178 Å². The molecule has 0 saturated carbocycles. The van der Waals surface area contributed by atoms with Crippen molar-refractivity contribution in [2.75, 3.05) is 6.61 Å². The second-order valence-corrected chi connectivity index (χ2v) is 15.2. The van der Waals surface area contributed by atoms with E-state index in [1.807, 2.05) is 20.0 Å². The zero-order chi connectivity index (χ0) is 21.2. The molecule has 4 atom stereocenters. The average molecular weight is 439 g/mol. The van der Waals surface area contributed by atoms with Crippen molar-refractivity contribution in [1.29, 1.82) is 0 Å². The highest BCUT2D eigenvalue weighted by Gasteiger charge is 2.55. The third-order valence-electron chi connectivity index (χ3n) is 6.49. The Hall–Kier alpha value is -1.03. The molecule has 2 N–H and O–H groups in total. The summed E-state index contributed by atoms with van der Waals surface area (Å²) in [6.45, 7) is 15.8. The van der Waals surface area contributed by atoms with Crippen LogP contribution >= 0.6 is 11.6 Å². The molecule has 160 valence electrons. The molecule has 0 spiro atoms. The molecule has 0 aromatic carbocycles. The number of ether oxygens (including phenoxy) is 2. The summed E-state index contributed by atoms with van der Waals surface area (Å²) in [6.07, 6.45) is 3.20. The number of hydrogen-bond donors (Lipinski definition) is 2. The molecule has 0 amide bonds. The minimum atomic E-state index is -1.87. The van der Waals surface area contributed by atoms with Crippen molar-refractivity contribution in [2.45, 2.75) is 82.8 Å². The summed E-state index contributed by atoms with van der Waals surface area (Å²) in [6, 6.07) is -0.0438. The third-order valence-corrected chi connectivity index (χ3v) is 11.3. The van der Waals surface area contributed by atoms with Crippen LogP contribution in [0, 0.1) is 0 Å². The zero-order valence-electron chi connectivity index (χ0n) is 18.2. The number of nitrogens with zero attached hydrogens (tertiary/aromatic N) is 2. The highest BCUT2D eigenvalue weighted by atomic mass is 35.5. The van der Waals surface area contributed by atoms with Crippen molar-refractivity contribution in [3.05, 3.63) is 23.2 Å². The lowest BCUT2D eigenvalue weighted by atomic mass is 10.0. The van der Waals surface area contributed by atoms with E-state index in [9.17, 15) is 0 Å². The minimum absolute atomic E-state index is 0.0307. The van der Waals surface area contributed by atoms with Crippen molar-refractivity contribution in [3.8, 4) is 0 Å². The van der Waals surface area contributed by atoms with Gasteiger partial charge in [0.25, 0.3) is 0 Å². The van der Waals surface area contributed by atoms with Crippen molar-refractivity contribution < 1.29 is 13.9 Å². The van der Waals surface area contributed by atoms with Crippen molar-refractivity contribution in [3.63, 3.8) is 0 Å². The van der Waals surface area contributed by atoms with Gasteiger partial charge in [-0.25, -0.2) is 9.97 Å². The Morgan fingerprint density at radius 1 is 1.21 bits per heavy atom. The number of fused-ring (bicyclic) bond motifs is 2. The fraction of sp³-hybridized carbons (Fsp3) is 0.700. The van der Waals surface area contributed by atoms with E-state index in [0.717, 1.165) is 16.6 Å². The van der Waals surface area contributed by atoms with E-state index < -0.39 is 14.1 Å². The maximum Gasteiger partial charge on any atom is 0.192 e. The van der Waals surface area contributed by atoms with Gasteiger partial charge in [0.05, 0.1) is 24.2 Å². The van der Waals surface area contributed by atoms with Crippen molar-refractivity contribution >= 4 is 31.0 Å². The largest absolute Gasteiger partial charge is 0.415 e. The van der Waals surface area contributed by atoms with Crippen LogP contribution in [0.25, 0.3) is 11.0 Å². The standard InChI is InChI=1S/C20H31ClN4O3Si/c1-19(2,3)29(6,7)26-9-12-16-17(28-20(4,5)27-16)14(25-12)11-8-22-15-13(11)23-10-24-18(15)21/h8,10,12,14,16-17,22,25H,9H2,1-7H3/t12-,14+,16?,17?/m1/s1. The van der Waals surface area contributed by atoms with Gasteiger partial charge in [0.2, 0.25) is 0 Å². The van der Waals surface area contributed by atoms with E-state index in [4.69, 9.17) is 25.5 Å². The van der Waals surface area contributed by atoms with Crippen LogP contribution in [0.5, 0.6) is 0 Å². The molecule has 9 heteroatoms. The van der Waals surface area contributed by atoms with Gasteiger partial charge in [-0.15, -0.1) is 0 Å². The lowest BCUT2D eigenvalue weighted by Gasteiger charge is -2.37. The van der Waals surface area contributed by atoms with E-state index in [-0.39, 0.29) is 29.3 Å². The summed E-state index contributed by atoms with van der Waals surface area (Å²) in [5.74, 6) is -0.635. The van der Waals surface area contributed by atoms with Crippen LogP contribution in [0.3, 0.4) is 0 Å². The molecule has 2 aliphatic heterocycles. The van der Waals surface area contributed by atoms with Crippen LogP contribution in [0.2, 0.25) is 23.3 Å². The number of H-pyrrole nitrogens is 1. The van der Waals surface area contributed by atoms with Crippen LogP contribution < -0.4 is 5.32 Å². The molecule has 2 aromatic heterocycles. The first-order valence-corrected chi connectivity index (χ1v) is 13.4. The van der Waals surface area contributed by atoms with Crippen LogP contribution in [-0.4, -0.2) is 53.9 Å². The first-order valence-electron chi connectivity index (χ1n) is 10.1. The lowest BCUT2D eigenvalue weighted by Crippen LogP contribution is -2.47. The normalized spacial score (nSPS) is 29.5. The summed E-state index contributed by atoms with van der Waals surface area (Å²) in [4.78, 5) is 11.7. The molecule has 0 bridgehead atoms. The molecule has 29 heavy (non-hydrogen) atoms. The summed E-state index contributed by atoms with van der Waals surface area (Å²) in [7, 11) is -1.87. The van der Waals surface area contributed by atoms with Gasteiger partial charge in [-0.2, -0.15) is 0 Å². The first kappa shape index (κ1) is 21.2. The molecule has 2 aromatic rings. The maximum absolute atomic E-state index is 6.51. The van der Waals surface area contributed by atoms with Gasteiger partial charge < -0.3 is 24.2 Å². The molecule has 2 saturated heterocycles. The van der Waals surface area contributed by atoms with Gasteiger partial charge in [0.15, 0.2) is 19.3 Å². The van der Waals surface area contributed by atoms with Crippen molar-refractivity contribution in [2.24, 2.45) is 0 Å². The van der Waals surface area contributed by atoms with E-state index in [2.05, 4.69) is 54.1 Å². The van der Waals surface area contributed by atoms with Crippen LogP contribution in [0.1, 0.15) is 46.2 Å². The predicted molar refractivity (Wildman–Crippen MR) is 116 cm³/mol.